The van der Waals surface area contributed by atoms with Gasteiger partial charge in [-0.05, 0) is 49.0 Å². The Hall–Kier alpha value is -2.40. The monoisotopic (exact) mass is 312 g/mol. The Balaban J connectivity index is 2.16. The number of fused-ring (bicyclic) bond motifs is 1. The van der Waals surface area contributed by atoms with Crippen molar-refractivity contribution < 1.29 is 4.74 Å². The Morgan fingerprint density at radius 3 is 2.50 bits per heavy atom. The molecule has 0 saturated heterocycles. The molecule has 0 bridgehead atoms. The average molecular weight is 312 g/mol. The second-order valence-corrected chi connectivity index (χ2v) is 5.49. The zero-order valence-corrected chi connectivity index (χ0v) is 13.2. The summed E-state index contributed by atoms with van der Waals surface area (Å²) in [6, 6.07) is 14.9. The van der Waals surface area contributed by atoms with Gasteiger partial charge in [0, 0.05) is 0 Å². The van der Waals surface area contributed by atoms with E-state index in [9.17, 15) is 4.79 Å². The molecule has 0 aliphatic rings. The summed E-state index contributed by atoms with van der Waals surface area (Å²) in [6.07, 6.45) is 0. The Kier molecular flexibility index (Phi) is 3.81. The van der Waals surface area contributed by atoms with Crippen molar-refractivity contribution >= 4 is 23.1 Å². The van der Waals surface area contributed by atoms with E-state index in [1.807, 2.05) is 49.4 Å². The molecule has 112 valence electrons. The van der Waals surface area contributed by atoms with Crippen molar-refractivity contribution in [2.45, 2.75) is 13.0 Å². The van der Waals surface area contributed by atoms with Crippen molar-refractivity contribution in [3.63, 3.8) is 0 Å². The van der Waals surface area contributed by atoms with Crippen LogP contribution in [-0.4, -0.2) is 16.7 Å². The molecule has 1 heterocycles. The van der Waals surface area contributed by atoms with Gasteiger partial charge in [0.2, 0.25) is 0 Å². The fourth-order valence-electron chi connectivity index (χ4n) is 2.56. The van der Waals surface area contributed by atoms with Crippen LogP contribution in [0.4, 0.5) is 0 Å². The van der Waals surface area contributed by atoms with Gasteiger partial charge in [-0.25, -0.2) is 0 Å². The zero-order chi connectivity index (χ0) is 15.7. The summed E-state index contributed by atoms with van der Waals surface area (Å²) in [6.45, 7) is 1.96. The first-order valence-corrected chi connectivity index (χ1v) is 7.40. The van der Waals surface area contributed by atoms with Crippen LogP contribution in [0.1, 0.15) is 18.5 Å². The molecule has 4 nitrogen and oxygen atoms in total. The van der Waals surface area contributed by atoms with E-state index in [2.05, 4.69) is 4.98 Å². The summed E-state index contributed by atoms with van der Waals surface area (Å²) in [5, 5.41) is 0.636. The molecule has 1 N–H and O–H groups in total. The predicted octanol–water partition coefficient (Wildman–Crippen LogP) is 3.68. The molecule has 0 fully saturated rings. The van der Waals surface area contributed by atoms with Gasteiger partial charge in [-0.3, -0.25) is 9.36 Å². The lowest BCUT2D eigenvalue weighted by molar-refractivity contribution is 0.414. The molecule has 0 aliphatic heterocycles. The molecule has 5 heteroatoms. The molecular weight excluding hydrogens is 296 g/mol. The first-order chi connectivity index (χ1) is 10.6. The molecule has 1 unspecified atom stereocenters. The van der Waals surface area contributed by atoms with Gasteiger partial charge in [0.15, 0.2) is 4.77 Å². The van der Waals surface area contributed by atoms with Crippen LogP contribution >= 0.6 is 12.2 Å². The summed E-state index contributed by atoms with van der Waals surface area (Å²) in [5.74, 6) is 0.784. The quantitative estimate of drug-likeness (QED) is 0.751. The lowest BCUT2D eigenvalue weighted by atomic mass is 10.1. The number of aromatic nitrogens is 2. The van der Waals surface area contributed by atoms with Crippen LogP contribution < -0.4 is 10.3 Å². The number of para-hydroxylation sites is 1. The molecule has 0 amide bonds. The van der Waals surface area contributed by atoms with Gasteiger partial charge in [0.1, 0.15) is 5.75 Å². The van der Waals surface area contributed by atoms with Crippen molar-refractivity contribution in [3.8, 4) is 5.75 Å². The van der Waals surface area contributed by atoms with Gasteiger partial charge in [-0.1, -0.05) is 24.3 Å². The zero-order valence-electron chi connectivity index (χ0n) is 12.4. The first kappa shape index (κ1) is 14.5. The van der Waals surface area contributed by atoms with Crippen LogP contribution in [0.2, 0.25) is 0 Å². The van der Waals surface area contributed by atoms with E-state index in [1.54, 1.807) is 17.7 Å². The number of nitrogens with zero attached hydrogens (tertiary/aromatic N) is 1. The summed E-state index contributed by atoms with van der Waals surface area (Å²) in [4.78, 5) is 15.9. The maximum Gasteiger partial charge on any atom is 0.262 e. The van der Waals surface area contributed by atoms with E-state index in [0.29, 0.717) is 10.2 Å². The molecule has 3 rings (SSSR count). The van der Waals surface area contributed by atoms with Crippen LogP contribution in [0.3, 0.4) is 0 Å². The highest BCUT2D eigenvalue weighted by Gasteiger charge is 2.13. The first-order valence-electron chi connectivity index (χ1n) is 6.99. The topological polar surface area (TPSA) is 47.0 Å². The van der Waals surface area contributed by atoms with Crippen molar-refractivity contribution in [1.82, 2.24) is 9.55 Å². The van der Waals surface area contributed by atoms with Gasteiger partial charge in [0.25, 0.3) is 5.56 Å². The minimum absolute atomic E-state index is 0.0809. The summed E-state index contributed by atoms with van der Waals surface area (Å²) in [5.41, 5.74) is 1.68. The molecule has 1 atom stereocenters. The van der Waals surface area contributed by atoms with Crippen LogP contribution in [0.5, 0.6) is 5.75 Å². The molecule has 0 saturated carbocycles. The number of hydrogen-bond donors (Lipinski definition) is 1. The number of hydrogen-bond acceptors (Lipinski definition) is 3. The fraction of sp³-hybridized carbons (Fsp3) is 0.176. The van der Waals surface area contributed by atoms with E-state index in [-0.39, 0.29) is 11.6 Å². The van der Waals surface area contributed by atoms with E-state index in [0.717, 1.165) is 16.8 Å². The van der Waals surface area contributed by atoms with Crippen molar-refractivity contribution in [2.75, 3.05) is 7.11 Å². The highest BCUT2D eigenvalue weighted by atomic mass is 32.1. The second kappa shape index (κ2) is 5.77. The van der Waals surface area contributed by atoms with E-state index >= 15 is 0 Å². The normalized spacial score (nSPS) is 12.3. The molecular formula is C17H16N2O2S. The molecule has 0 radical (unpaired) electrons. The Morgan fingerprint density at radius 2 is 1.82 bits per heavy atom. The molecule has 0 spiro atoms. The Morgan fingerprint density at radius 1 is 1.14 bits per heavy atom. The lowest BCUT2D eigenvalue weighted by Crippen LogP contribution is -2.25. The number of ether oxygens (including phenoxy) is 1. The molecule has 3 aromatic rings. The molecule has 2 aromatic carbocycles. The summed E-state index contributed by atoms with van der Waals surface area (Å²) >= 11 is 5.37. The van der Waals surface area contributed by atoms with E-state index < -0.39 is 0 Å². The minimum Gasteiger partial charge on any atom is -0.497 e. The lowest BCUT2D eigenvalue weighted by Gasteiger charge is -2.17. The highest BCUT2D eigenvalue weighted by Crippen LogP contribution is 2.20. The van der Waals surface area contributed by atoms with Crippen LogP contribution in [-0.2, 0) is 0 Å². The second-order valence-electron chi connectivity index (χ2n) is 5.10. The Bertz CT molecular complexity index is 926. The number of nitrogens with one attached hydrogen (secondary N) is 1. The third-order valence-electron chi connectivity index (χ3n) is 3.82. The number of H-pyrrole nitrogens is 1. The van der Waals surface area contributed by atoms with Gasteiger partial charge in [0.05, 0.1) is 24.1 Å². The van der Waals surface area contributed by atoms with Crippen LogP contribution in [0.25, 0.3) is 10.9 Å². The number of rotatable bonds is 3. The van der Waals surface area contributed by atoms with E-state index in [4.69, 9.17) is 17.0 Å². The fourth-order valence-corrected chi connectivity index (χ4v) is 2.91. The third kappa shape index (κ3) is 2.44. The maximum absolute atomic E-state index is 12.7. The predicted molar refractivity (Wildman–Crippen MR) is 90.2 cm³/mol. The number of methoxy groups -OCH3 is 1. The van der Waals surface area contributed by atoms with Gasteiger partial charge < -0.3 is 9.72 Å². The SMILES string of the molecule is COc1ccc(C(C)n2c(=S)[nH]c3ccccc3c2=O)cc1. The Labute approximate surface area is 133 Å². The van der Waals surface area contributed by atoms with Crippen LogP contribution in [0, 0.1) is 4.77 Å². The molecule has 0 aliphatic carbocycles. The number of benzene rings is 2. The van der Waals surface area contributed by atoms with Gasteiger partial charge >= 0.3 is 0 Å². The molecule has 1 aromatic heterocycles. The van der Waals surface area contributed by atoms with Gasteiger partial charge in [-0.2, -0.15) is 0 Å². The highest BCUT2D eigenvalue weighted by molar-refractivity contribution is 7.71. The van der Waals surface area contributed by atoms with Crippen molar-refractivity contribution in [2.24, 2.45) is 0 Å². The average Bonchev–Trinajstić information content (AvgIpc) is 2.55. The van der Waals surface area contributed by atoms with Gasteiger partial charge in [-0.15, -0.1) is 0 Å². The molecule has 22 heavy (non-hydrogen) atoms. The summed E-state index contributed by atoms with van der Waals surface area (Å²) in [7, 11) is 1.63. The third-order valence-corrected chi connectivity index (χ3v) is 4.12. The smallest absolute Gasteiger partial charge is 0.262 e. The van der Waals surface area contributed by atoms with Crippen molar-refractivity contribution in [3.05, 3.63) is 69.2 Å². The van der Waals surface area contributed by atoms with Crippen molar-refractivity contribution in [1.29, 1.82) is 0 Å². The van der Waals surface area contributed by atoms with Crippen LogP contribution in [0.15, 0.2) is 53.3 Å². The maximum atomic E-state index is 12.7. The number of aromatic amines is 1. The van der Waals surface area contributed by atoms with E-state index in [1.165, 1.54) is 0 Å². The summed E-state index contributed by atoms with van der Waals surface area (Å²) < 4.78 is 7.20. The minimum atomic E-state index is -0.160. The largest absolute Gasteiger partial charge is 0.497 e. The standard InChI is InChI=1S/C17H16N2O2S/c1-11(12-7-9-13(21-2)10-8-12)19-16(20)14-5-3-4-6-15(14)18-17(19)22/h3-11H,1-2H3,(H,18,22).